The van der Waals surface area contributed by atoms with E-state index in [1.807, 2.05) is 12.3 Å². The van der Waals surface area contributed by atoms with Gasteiger partial charge < -0.3 is 14.5 Å². The average Bonchev–Trinajstić information content (AvgIpc) is 3.76. The van der Waals surface area contributed by atoms with Crippen molar-refractivity contribution in [1.82, 2.24) is 9.55 Å². The molecule has 0 spiro atoms. The van der Waals surface area contributed by atoms with Crippen molar-refractivity contribution in [2.45, 2.75) is 78.6 Å². The van der Waals surface area contributed by atoms with E-state index in [2.05, 4.69) is 216 Å². The average molecular weight is 775 g/mol. The third kappa shape index (κ3) is 7.13. The molecule has 1 aliphatic heterocycles. The fraction of sp³-hybridized carbons (Fsp3) is 0.241. The number of ether oxygens (including phenoxy) is 1. The number of pyridine rings is 1. The van der Waals surface area contributed by atoms with Gasteiger partial charge >= 0.3 is 0 Å². The number of benzene rings is 6. The molecule has 0 aliphatic carbocycles. The van der Waals surface area contributed by atoms with Crippen molar-refractivity contribution >= 4 is 44.6 Å². The van der Waals surface area contributed by atoms with Crippen molar-refractivity contribution in [2.24, 2.45) is 0 Å². The molecule has 2 aromatic heterocycles. The van der Waals surface area contributed by atoms with Crippen LogP contribution in [0.25, 0.3) is 38.8 Å². The Balaban J connectivity index is 1.09. The highest BCUT2D eigenvalue weighted by Crippen LogP contribution is 2.48. The van der Waals surface area contributed by atoms with Crippen LogP contribution in [0.5, 0.6) is 11.5 Å². The first-order chi connectivity index (χ1) is 28.1. The minimum Gasteiger partial charge on any atom is -0.457 e. The molecule has 0 amide bonds. The third-order valence-corrected chi connectivity index (χ3v) is 11.8. The smallest absolute Gasteiger partial charge is 0.137 e. The summed E-state index contributed by atoms with van der Waals surface area (Å²) < 4.78 is 9.02. The maximum atomic E-state index is 6.75. The summed E-state index contributed by atoms with van der Waals surface area (Å²) in [5.41, 5.74) is 13.2. The van der Waals surface area contributed by atoms with Crippen molar-refractivity contribution < 1.29 is 4.74 Å². The summed E-state index contributed by atoms with van der Waals surface area (Å²) in [5, 5.41) is 2.36. The van der Waals surface area contributed by atoms with Gasteiger partial charge in [-0.15, -0.1) is 0 Å². The zero-order valence-electron chi connectivity index (χ0n) is 35.8. The maximum Gasteiger partial charge on any atom is 0.137 e. The molecule has 5 nitrogen and oxygen atoms in total. The van der Waals surface area contributed by atoms with Crippen LogP contribution >= 0.6 is 0 Å². The van der Waals surface area contributed by atoms with E-state index in [0.717, 1.165) is 34.0 Å². The highest BCUT2D eigenvalue weighted by Gasteiger charge is 2.31. The molecule has 9 rings (SSSR count). The lowest BCUT2D eigenvalue weighted by Gasteiger charge is -2.28. The van der Waals surface area contributed by atoms with Crippen LogP contribution in [0.1, 0.15) is 79.0 Å². The summed E-state index contributed by atoms with van der Waals surface area (Å²) in [6.45, 7) is 21.2. The Kier molecular flexibility index (Phi) is 9.19. The summed E-state index contributed by atoms with van der Waals surface area (Å²) in [6, 6.07) is 52.5. The standard InChI is InChI=1S/C54H54N4O/c1-52(2,3)37-22-27-48-50(30-37)57(40-23-25-43(36-16-11-10-12-17-36)46(33-40)54(7,8)9)35-56(48)39-18-15-19-41(32-39)59-42-24-26-45-44-20-13-14-21-47(44)58(49(45)34-42)51-31-38(28-29-55-51)53(4,5)6/h10-34H,35H2,1-9H3. The number of hydrogen-bond donors (Lipinski definition) is 0. The minimum atomic E-state index is -0.0489. The van der Waals surface area contributed by atoms with Crippen LogP contribution in [0.3, 0.4) is 0 Å². The molecular formula is C54H54N4O. The Morgan fingerprint density at radius 2 is 1.17 bits per heavy atom. The topological polar surface area (TPSA) is 33.5 Å². The van der Waals surface area contributed by atoms with Crippen LogP contribution in [0, 0.1) is 0 Å². The van der Waals surface area contributed by atoms with Gasteiger partial charge in [0.25, 0.3) is 0 Å². The SMILES string of the molecule is CC(C)(C)c1ccnc(-n2c3ccccc3c3ccc(Oc4cccc(N5CN(c6ccc(-c7ccccc7)c(C(C)(C)C)c6)c6cc(C(C)(C)C)ccc65)c4)cc32)c1. The van der Waals surface area contributed by atoms with Gasteiger partial charge in [-0.1, -0.05) is 129 Å². The molecule has 0 atom stereocenters. The second kappa shape index (κ2) is 14.2. The van der Waals surface area contributed by atoms with Gasteiger partial charge in [0.1, 0.15) is 24.0 Å². The van der Waals surface area contributed by atoms with Gasteiger partial charge in [-0.3, -0.25) is 4.57 Å². The fourth-order valence-electron chi connectivity index (χ4n) is 8.48. The highest BCUT2D eigenvalue weighted by atomic mass is 16.5. The number of anilines is 4. The van der Waals surface area contributed by atoms with Crippen LogP contribution in [0.15, 0.2) is 152 Å². The Bertz CT molecular complexity index is 2850. The van der Waals surface area contributed by atoms with Gasteiger partial charge in [-0.05, 0) is 111 Å². The van der Waals surface area contributed by atoms with E-state index in [9.17, 15) is 0 Å². The van der Waals surface area contributed by atoms with Gasteiger partial charge in [0.15, 0.2) is 0 Å². The first kappa shape index (κ1) is 38.2. The molecule has 6 aromatic carbocycles. The summed E-state index contributed by atoms with van der Waals surface area (Å²) in [4.78, 5) is 9.76. The second-order valence-electron chi connectivity index (χ2n) is 19.1. The lowest BCUT2D eigenvalue weighted by Crippen LogP contribution is -2.24. The van der Waals surface area contributed by atoms with Gasteiger partial charge in [-0.25, -0.2) is 4.98 Å². The number of nitrogens with zero attached hydrogens (tertiary/aromatic N) is 4. The van der Waals surface area contributed by atoms with E-state index in [-0.39, 0.29) is 16.2 Å². The van der Waals surface area contributed by atoms with E-state index < -0.39 is 0 Å². The third-order valence-electron chi connectivity index (χ3n) is 11.8. The quantitative estimate of drug-likeness (QED) is 0.168. The molecule has 296 valence electrons. The normalized spacial score (nSPS) is 13.4. The van der Waals surface area contributed by atoms with Crippen molar-refractivity contribution in [1.29, 1.82) is 0 Å². The van der Waals surface area contributed by atoms with Crippen LogP contribution in [0.4, 0.5) is 22.7 Å². The molecule has 0 saturated heterocycles. The van der Waals surface area contributed by atoms with E-state index >= 15 is 0 Å². The molecule has 0 bridgehead atoms. The van der Waals surface area contributed by atoms with E-state index in [4.69, 9.17) is 9.72 Å². The second-order valence-corrected chi connectivity index (χ2v) is 19.1. The van der Waals surface area contributed by atoms with E-state index in [1.165, 1.54) is 55.7 Å². The molecular weight excluding hydrogens is 721 g/mol. The Morgan fingerprint density at radius 1 is 0.492 bits per heavy atom. The highest BCUT2D eigenvalue weighted by molar-refractivity contribution is 6.09. The summed E-state index contributed by atoms with van der Waals surface area (Å²) in [6.07, 6.45) is 1.92. The molecule has 0 fully saturated rings. The zero-order valence-corrected chi connectivity index (χ0v) is 35.8. The Hall–Kier alpha value is -6.33. The summed E-state index contributed by atoms with van der Waals surface area (Å²) in [5.74, 6) is 2.46. The van der Waals surface area contributed by atoms with Crippen molar-refractivity contribution in [3.63, 3.8) is 0 Å². The number of para-hydroxylation sites is 1. The molecule has 0 unspecified atom stereocenters. The fourth-order valence-corrected chi connectivity index (χ4v) is 8.48. The summed E-state index contributed by atoms with van der Waals surface area (Å²) >= 11 is 0. The summed E-state index contributed by atoms with van der Waals surface area (Å²) in [7, 11) is 0. The lowest BCUT2D eigenvalue weighted by atomic mass is 9.81. The first-order valence-corrected chi connectivity index (χ1v) is 20.8. The molecule has 59 heavy (non-hydrogen) atoms. The minimum absolute atomic E-state index is 0.000133. The van der Waals surface area contributed by atoms with Crippen molar-refractivity contribution in [3.8, 4) is 28.4 Å². The molecule has 8 aromatic rings. The van der Waals surface area contributed by atoms with Crippen LogP contribution < -0.4 is 14.5 Å². The first-order valence-electron chi connectivity index (χ1n) is 20.8. The zero-order chi connectivity index (χ0) is 41.3. The largest absolute Gasteiger partial charge is 0.457 e. The predicted octanol–water partition coefficient (Wildman–Crippen LogP) is 14.8. The number of fused-ring (bicyclic) bond motifs is 4. The monoisotopic (exact) mass is 774 g/mol. The van der Waals surface area contributed by atoms with E-state index in [0.29, 0.717) is 6.67 Å². The van der Waals surface area contributed by atoms with Gasteiger partial charge in [0.05, 0.1) is 22.4 Å². The Morgan fingerprint density at radius 3 is 1.93 bits per heavy atom. The van der Waals surface area contributed by atoms with Crippen LogP contribution in [-0.2, 0) is 16.2 Å². The number of aromatic nitrogens is 2. The molecule has 0 radical (unpaired) electrons. The molecule has 0 saturated carbocycles. The van der Waals surface area contributed by atoms with Gasteiger partial charge in [-0.2, -0.15) is 0 Å². The molecule has 0 N–H and O–H groups in total. The van der Waals surface area contributed by atoms with Crippen LogP contribution in [-0.4, -0.2) is 16.2 Å². The maximum absolute atomic E-state index is 6.75. The van der Waals surface area contributed by atoms with E-state index in [1.54, 1.807) is 0 Å². The van der Waals surface area contributed by atoms with Crippen molar-refractivity contribution in [2.75, 3.05) is 16.5 Å². The van der Waals surface area contributed by atoms with Crippen LogP contribution in [0.2, 0.25) is 0 Å². The van der Waals surface area contributed by atoms with Crippen molar-refractivity contribution in [3.05, 3.63) is 168 Å². The molecule has 3 heterocycles. The molecule has 1 aliphatic rings. The number of hydrogen-bond acceptors (Lipinski definition) is 4. The van der Waals surface area contributed by atoms with Gasteiger partial charge in [0.2, 0.25) is 0 Å². The number of rotatable bonds is 6. The van der Waals surface area contributed by atoms with Gasteiger partial charge in [0, 0.05) is 40.5 Å². The molecule has 5 heteroatoms. The Labute approximate surface area is 349 Å². The lowest BCUT2D eigenvalue weighted by molar-refractivity contribution is 0.483. The predicted molar refractivity (Wildman–Crippen MR) is 249 cm³/mol.